The van der Waals surface area contributed by atoms with Gasteiger partial charge in [0.25, 0.3) is 5.91 Å². The Morgan fingerprint density at radius 3 is 2.64 bits per heavy atom. The molecule has 0 N–H and O–H groups in total. The molecule has 1 amide bonds. The first-order chi connectivity index (χ1) is 13.3. The summed E-state index contributed by atoms with van der Waals surface area (Å²) in [6.45, 7) is 4.02. The molecular formula is C20H13BrCl2FN3O. The molecule has 0 bridgehead atoms. The van der Waals surface area contributed by atoms with Gasteiger partial charge in [0.05, 0.1) is 16.4 Å². The van der Waals surface area contributed by atoms with Crippen LogP contribution >= 0.6 is 39.1 Å². The molecule has 1 atom stereocenters. The predicted molar refractivity (Wildman–Crippen MR) is 111 cm³/mol. The first-order valence-electron chi connectivity index (χ1n) is 8.70. The lowest BCUT2D eigenvalue weighted by Gasteiger charge is -2.35. The summed E-state index contributed by atoms with van der Waals surface area (Å²) in [5.74, 6) is -0.966. The van der Waals surface area contributed by atoms with Crippen molar-refractivity contribution in [3.63, 3.8) is 0 Å². The predicted octanol–water partition coefficient (Wildman–Crippen LogP) is 6.40. The van der Waals surface area contributed by atoms with E-state index in [0.29, 0.717) is 21.0 Å². The number of carbonyl (C=O) groups excluding carboxylic acids is 1. The van der Waals surface area contributed by atoms with E-state index in [1.807, 2.05) is 24.5 Å². The number of imidazole rings is 1. The van der Waals surface area contributed by atoms with E-state index >= 15 is 4.39 Å². The highest BCUT2D eigenvalue weighted by molar-refractivity contribution is 9.10. The van der Waals surface area contributed by atoms with Gasteiger partial charge in [0.15, 0.2) is 16.2 Å². The van der Waals surface area contributed by atoms with Gasteiger partial charge >= 0.3 is 0 Å². The molecule has 1 unspecified atom stereocenters. The second kappa shape index (κ2) is 6.05. The zero-order valence-electron chi connectivity index (χ0n) is 14.8. The summed E-state index contributed by atoms with van der Waals surface area (Å²) >= 11 is 15.8. The van der Waals surface area contributed by atoms with Crippen LogP contribution in [0.25, 0.3) is 11.1 Å². The van der Waals surface area contributed by atoms with Gasteiger partial charge in [0.1, 0.15) is 6.04 Å². The highest BCUT2D eigenvalue weighted by atomic mass is 79.9. The quantitative estimate of drug-likeness (QED) is 0.404. The number of nitrogens with zero attached hydrogens (tertiary/aromatic N) is 3. The van der Waals surface area contributed by atoms with Gasteiger partial charge in [0.2, 0.25) is 0 Å². The summed E-state index contributed by atoms with van der Waals surface area (Å²) in [6, 6.07) is 8.24. The van der Waals surface area contributed by atoms with E-state index in [9.17, 15) is 4.79 Å². The number of aromatic nitrogens is 2. The lowest BCUT2D eigenvalue weighted by molar-refractivity contribution is 0.0988. The minimum atomic E-state index is -0.622. The lowest BCUT2D eigenvalue weighted by Crippen LogP contribution is -2.34. The Balaban J connectivity index is 1.90. The number of amides is 1. The van der Waals surface area contributed by atoms with Crippen molar-refractivity contribution in [3.8, 4) is 11.1 Å². The molecule has 0 fully saturated rings. The van der Waals surface area contributed by atoms with E-state index in [1.54, 1.807) is 18.2 Å². The van der Waals surface area contributed by atoms with Crippen LogP contribution in [0.5, 0.6) is 0 Å². The van der Waals surface area contributed by atoms with Crippen molar-refractivity contribution in [2.45, 2.75) is 25.9 Å². The maximum Gasteiger partial charge on any atom is 0.279 e. The van der Waals surface area contributed by atoms with Crippen molar-refractivity contribution in [2.75, 3.05) is 4.90 Å². The van der Waals surface area contributed by atoms with E-state index in [-0.39, 0.29) is 22.7 Å². The molecule has 2 aliphatic heterocycles. The van der Waals surface area contributed by atoms with Crippen LogP contribution in [0.1, 0.15) is 47.7 Å². The Bertz CT molecular complexity index is 1190. The summed E-state index contributed by atoms with van der Waals surface area (Å²) in [7, 11) is 0. The molecular weight excluding hydrogens is 468 g/mol. The second-order valence-electron chi connectivity index (χ2n) is 7.15. The molecule has 4 nitrogen and oxygen atoms in total. The normalized spacial score (nSPS) is 16.9. The van der Waals surface area contributed by atoms with Gasteiger partial charge in [-0.1, -0.05) is 35.3 Å². The Morgan fingerprint density at radius 1 is 1.18 bits per heavy atom. The number of hydrogen-bond donors (Lipinski definition) is 0. The maximum absolute atomic E-state index is 15.2. The van der Waals surface area contributed by atoms with Crippen LogP contribution in [0, 0.1) is 5.82 Å². The molecule has 5 rings (SSSR count). The summed E-state index contributed by atoms with van der Waals surface area (Å²) < 4.78 is 17.7. The largest absolute Gasteiger partial charge is 0.317 e. The first kappa shape index (κ1) is 18.2. The van der Waals surface area contributed by atoms with E-state index in [0.717, 1.165) is 16.8 Å². The zero-order chi connectivity index (χ0) is 19.9. The van der Waals surface area contributed by atoms with E-state index < -0.39 is 11.9 Å². The summed E-state index contributed by atoms with van der Waals surface area (Å²) in [6.07, 6.45) is 0. The maximum atomic E-state index is 15.2. The van der Waals surface area contributed by atoms with Crippen molar-refractivity contribution in [2.24, 2.45) is 0 Å². The fourth-order valence-corrected chi connectivity index (χ4v) is 5.29. The summed E-state index contributed by atoms with van der Waals surface area (Å²) in [4.78, 5) is 19.2. The van der Waals surface area contributed by atoms with Crippen LogP contribution in [-0.4, -0.2) is 15.5 Å². The standard InChI is InChI=1S/C20H13BrCl2FN3O/c1-8(2)26-18-15(25-20(26)21)19(28)27-16-10(5-6-13(23)14(16)24)12-7-9(22)3-4-11(12)17(18)27/h3-8,17H,1-2H3. The third-order valence-corrected chi connectivity index (χ3v) is 6.36. The Morgan fingerprint density at radius 2 is 1.93 bits per heavy atom. The van der Waals surface area contributed by atoms with Crippen LogP contribution in [0.3, 0.4) is 0 Å². The molecule has 3 aromatic rings. The Labute approximate surface area is 179 Å². The summed E-state index contributed by atoms with van der Waals surface area (Å²) in [5, 5.41) is 0.504. The minimum absolute atomic E-state index is 0.0340. The number of benzene rings is 2. The van der Waals surface area contributed by atoms with Crippen LogP contribution in [-0.2, 0) is 0 Å². The van der Waals surface area contributed by atoms with Gasteiger partial charge in [-0.05, 0) is 59.1 Å². The van der Waals surface area contributed by atoms with Gasteiger partial charge < -0.3 is 4.57 Å². The van der Waals surface area contributed by atoms with Crippen molar-refractivity contribution in [1.82, 2.24) is 9.55 Å². The smallest absolute Gasteiger partial charge is 0.279 e. The molecule has 0 saturated carbocycles. The Hall–Kier alpha value is -1.89. The number of anilines is 1. The number of halogens is 4. The molecule has 0 spiro atoms. The molecule has 142 valence electrons. The van der Waals surface area contributed by atoms with Crippen molar-refractivity contribution in [1.29, 1.82) is 0 Å². The average molecular weight is 481 g/mol. The zero-order valence-corrected chi connectivity index (χ0v) is 17.9. The van der Waals surface area contributed by atoms with Gasteiger partial charge in [-0.2, -0.15) is 0 Å². The molecule has 0 radical (unpaired) electrons. The minimum Gasteiger partial charge on any atom is -0.317 e. The summed E-state index contributed by atoms with van der Waals surface area (Å²) in [5.41, 5.74) is 3.47. The van der Waals surface area contributed by atoms with E-state index in [1.165, 1.54) is 11.0 Å². The molecule has 0 saturated heterocycles. The molecule has 0 aliphatic carbocycles. The average Bonchev–Trinajstić information content (AvgIpc) is 3.12. The van der Waals surface area contributed by atoms with Gasteiger partial charge in [0, 0.05) is 16.6 Å². The van der Waals surface area contributed by atoms with Crippen LogP contribution < -0.4 is 4.90 Å². The number of hydrogen-bond acceptors (Lipinski definition) is 2. The molecule has 28 heavy (non-hydrogen) atoms. The third kappa shape index (κ3) is 2.22. The van der Waals surface area contributed by atoms with E-state index in [2.05, 4.69) is 20.9 Å². The topological polar surface area (TPSA) is 38.1 Å². The molecule has 8 heteroatoms. The highest BCUT2D eigenvalue weighted by Gasteiger charge is 2.49. The van der Waals surface area contributed by atoms with Gasteiger partial charge in [-0.15, -0.1) is 0 Å². The Kier molecular flexibility index (Phi) is 3.92. The van der Waals surface area contributed by atoms with Gasteiger partial charge in [-0.25, -0.2) is 9.37 Å². The fraction of sp³-hybridized carbons (Fsp3) is 0.200. The SMILES string of the molecule is CC(C)n1c(Br)nc2c1C1c3ccc(Cl)cc3-c3ccc(Cl)c(F)c3N1C2=O. The molecule has 1 aromatic heterocycles. The van der Waals surface area contributed by atoms with Crippen molar-refractivity contribution in [3.05, 3.63) is 67.9 Å². The van der Waals surface area contributed by atoms with Crippen LogP contribution in [0.2, 0.25) is 10.0 Å². The lowest BCUT2D eigenvalue weighted by atomic mass is 9.88. The van der Waals surface area contributed by atoms with Crippen molar-refractivity contribution < 1.29 is 9.18 Å². The fourth-order valence-electron chi connectivity index (χ4n) is 4.19. The van der Waals surface area contributed by atoms with Crippen LogP contribution in [0.4, 0.5) is 10.1 Å². The number of carbonyl (C=O) groups is 1. The third-order valence-electron chi connectivity index (χ3n) is 5.27. The monoisotopic (exact) mass is 479 g/mol. The number of fused-ring (bicyclic) bond motifs is 8. The molecule has 3 heterocycles. The highest BCUT2D eigenvalue weighted by Crippen LogP contribution is 2.54. The van der Waals surface area contributed by atoms with E-state index in [4.69, 9.17) is 23.2 Å². The molecule has 2 aliphatic rings. The molecule has 2 aromatic carbocycles. The van der Waals surface area contributed by atoms with Crippen LogP contribution in [0.15, 0.2) is 35.1 Å². The first-order valence-corrected chi connectivity index (χ1v) is 10.2. The second-order valence-corrected chi connectivity index (χ2v) is 8.70. The van der Waals surface area contributed by atoms with Crippen molar-refractivity contribution >= 4 is 50.7 Å². The number of rotatable bonds is 1. The van der Waals surface area contributed by atoms with Gasteiger partial charge in [-0.3, -0.25) is 9.69 Å².